The van der Waals surface area contributed by atoms with Crippen LogP contribution in [-0.4, -0.2) is 103 Å². The fourth-order valence-corrected chi connectivity index (χ4v) is 4.86. The molecule has 6 rings (SSSR count). The number of Topliss-reactive ketones (excluding diaryl/α,β-unsaturated/α-hetero) is 1. The average molecular weight is 556 g/mol. The van der Waals surface area contributed by atoms with Gasteiger partial charge in [0.15, 0.2) is 5.82 Å². The Morgan fingerprint density at radius 1 is 1.02 bits per heavy atom. The molecule has 1 aromatic carbocycles. The number of piperazine rings is 1. The van der Waals surface area contributed by atoms with E-state index in [9.17, 15) is 9.59 Å². The van der Waals surface area contributed by atoms with Crippen LogP contribution in [0.4, 0.5) is 11.9 Å². The summed E-state index contributed by atoms with van der Waals surface area (Å²) < 4.78 is 8.81. The molecule has 5 heterocycles. The first-order valence-electron chi connectivity index (χ1n) is 13.1. The summed E-state index contributed by atoms with van der Waals surface area (Å²) >= 11 is 0. The Bertz CT molecular complexity index is 1730. The summed E-state index contributed by atoms with van der Waals surface area (Å²) in [6.07, 6.45) is 4.56. The lowest BCUT2D eigenvalue weighted by Gasteiger charge is -2.34. The van der Waals surface area contributed by atoms with Crippen molar-refractivity contribution >= 4 is 34.5 Å². The average Bonchev–Trinajstić information content (AvgIpc) is 3.75. The van der Waals surface area contributed by atoms with Gasteiger partial charge in [0, 0.05) is 46.5 Å². The number of hydrogen-bond acceptors (Lipinski definition) is 10. The van der Waals surface area contributed by atoms with Crippen LogP contribution in [0.2, 0.25) is 0 Å². The minimum Gasteiger partial charge on any atom is -0.494 e. The summed E-state index contributed by atoms with van der Waals surface area (Å²) in [5.74, 6) is 1.45. The van der Waals surface area contributed by atoms with E-state index in [4.69, 9.17) is 9.72 Å². The van der Waals surface area contributed by atoms with E-state index in [0.29, 0.717) is 66.4 Å². The Balaban J connectivity index is 1.23. The van der Waals surface area contributed by atoms with Gasteiger partial charge in [-0.1, -0.05) is 18.2 Å². The fourth-order valence-electron chi connectivity index (χ4n) is 4.86. The monoisotopic (exact) mass is 555 g/mol. The number of fused-ring (bicyclic) bond motifs is 1. The number of para-hydroxylation sites is 1. The zero-order valence-corrected chi connectivity index (χ0v) is 23.1. The molecule has 0 bridgehead atoms. The van der Waals surface area contributed by atoms with Gasteiger partial charge in [-0.25, -0.2) is 14.6 Å². The van der Waals surface area contributed by atoms with Crippen molar-refractivity contribution in [3.8, 4) is 17.3 Å². The summed E-state index contributed by atoms with van der Waals surface area (Å²) in [4.78, 5) is 48.9. The van der Waals surface area contributed by atoms with Gasteiger partial charge >= 0.3 is 0 Å². The van der Waals surface area contributed by atoms with E-state index in [1.54, 1.807) is 16.5 Å². The summed E-state index contributed by atoms with van der Waals surface area (Å²) in [5.41, 5.74) is 1.62. The number of nitrogens with one attached hydrogen (secondary N) is 1. The molecule has 5 aromatic rings. The molecule has 1 aliphatic rings. The molecule has 4 aromatic heterocycles. The van der Waals surface area contributed by atoms with E-state index in [2.05, 4.69) is 30.0 Å². The van der Waals surface area contributed by atoms with Gasteiger partial charge in [-0.05, 0) is 19.1 Å². The molecule has 210 valence electrons. The third-order valence-corrected chi connectivity index (χ3v) is 6.97. The Hall–Kier alpha value is -5.27. The van der Waals surface area contributed by atoms with Crippen molar-refractivity contribution in [2.45, 2.75) is 6.92 Å². The summed E-state index contributed by atoms with van der Waals surface area (Å²) in [5, 5.41) is 9.46. The van der Waals surface area contributed by atoms with Crippen LogP contribution in [-0.2, 0) is 4.79 Å². The number of H-pyrrole nitrogens is 1. The highest BCUT2D eigenvalue weighted by Gasteiger charge is 2.31. The smallest absolute Gasteiger partial charge is 0.295 e. The van der Waals surface area contributed by atoms with Crippen molar-refractivity contribution in [3.63, 3.8) is 0 Å². The fraction of sp³-hybridized carbons (Fsp3) is 0.296. The maximum atomic E-state index is 13.5. The third-order valence-electron chi connectivity index (χ3n) is 6.97. The lowest BCUT2D eigenvalue weighted by molar-refractivity contribution is -0.126. The van der Waals surface area contributed by atoms with Crippen LogP contribution in [0.1, 0.15) is 16.2 Å². The second kappa shape index (κ2) is 10.4. The SMILES string of the molecule is COc1cnc(-n2cnc(C)n2)c2[nH]cc(C(=O)C(=O)N3CCN(c4nc(N(C)C)nn4-c4ccccc4)CC3)c12. The molecule has 1 saturated heterocycles. The largest absolute Gasteiger partial charge is 0.494 e. The summed E-state index contributed by atoms with van der Waals surface area (Å²) in [7, 11) is 5.28. The van der Waals surface area contributed by atoms with Crippen LogP contribution in [0.25, 0.3) is 22.4 Å². The van der Waals surface area contributed by atoms with Crippen molar-refractivity contribution in [2.75, 3.05) is 57.2 Å². The number of nitrogens with zero attached hydrogens (tertiary/aromatic N) is 10. The number of methoxy groups -OCH3 is 1. The van der Waals surface area contributed by atoms with Crippen LogP contribution < -0.4 is 14.5 Å². The highest BCUT2D eigenvalue weighted by Crippen LogP contribution is 2.32. The van der Waals surface area contributed by atoms with Crippen LogP contribution in [0.5, 0.6) is 5.75 Å². The molecule has 0 aliphatic carbocycles. The van der Waals surface area contributed by atoms with E-state index in [1.165, 1.54) is 30.5 Å². The van der Waals surface area contributed by atoms with E-state index >= 15 is 0 Å². The lowest BCUT2D eigenvalue weighted by Crippen LogP contribution is -2.51. The molecule has 1 amide bonds. The molecule has 41 heavy (non-hydrogen) atoms. The number of aryl methyl sites for hydroxylation is 1. The van der Waals surface area contributed by atoms with Crippen LogP contribution >= 0.6 is 0 Å². The van der Waals surface area contributed by atoms with Crippen molar-refractivity contribution < 1.29 is 14.3 Å². The molecular formula is C27H29N11O3. The first-order chi connectivity index (χ1) is 19.9. The number of hydrogen-bond donors (Lipinski definition) is 1. The Morgan fingerprint density at radius 2 is 1.78 bits per heavy atom. The second-order valence-corrected chi connectivity index (χ2v) is 9.80. The van der Waals surface area contributed by atoms with Gasteiger partial charge in [0.2, 0.25) is 11.9 Å². The highest BCUT2D eigenvalue weighted by atomic mass is 16.5. The normalized spacial score (nSPS) is 13.6. The molecule has 0 atom stereocenters. The lowest BCUT2D eigenvalue weighted by atomic mass is 10.1. The summed E-state index contributed by atoms with van der Waals surface area (Å²) in [6, 6.07) is 9.78. The molecule has 1 N–H and O–H groups in total. The van der Waals surface area contributed by atoms with Crippen molar-refractivity contribution in [1.29, 1.82) is 0 Å². The first kappa shape index (κ1) is 26.0. The van der Waals surface area contributed by atoms with Crippen LogP contribution in [0.15, 0.2) is 49.1 Å². The van der Waals surface area contributed by atoms with Gasteiger partial charge in [0.25, 0.3) is 11.7 Å². The van der Waals surface area contributed by atoms with Crippen LogP contribution in [0, 0.1) is 6.92 Å². The number of anilines is 2. The molecule has 0 radical (unpaired) electrons. The first-order valence-corrected chi connectivity index (χ1v) is 13.1. The zero-order valence-electron chi connectivity index (χ0n) is 23.1. The van der Waals surface area contributed by atoms with Crippen molar-refractivity contribution in [1.82, 2.24) is 44.4 Å². The molecule has 0 saturated carbocycles. The highest BCUT2D eigenvalue weighted by molar-refractivity contribution is 6.45. The molecule has 0 unspecified atom stereocenters. The van der Waals surface area contributed by atoms with E-state index in [-0.39, 0.29) is 5.56 Å². The molecule has 1 aliphatic heterocycles. The molecule has 14 nitrogen and oxygen atoms in total. The third kappa shape index (κ3) is 4.62. The number of ketones is 1. The van der Waals surface area contributed by atoms with Crippen molar-refractivity contribution in [3.05, 3.63) is 60.4 Å². The van der Waals surface area contributed by atoms with Gasteiger partial charge in [0.1, 0.15) is 17.9 Å². The number of aromatic amines is 1. The maximum absolute atomic E-state index is 13.5. The van der Waals surface area contributed by atoms with Gasteiger partial charge in [-0.2, -0.15) is 14.8 Å². The van der Waals surface area contributed by atoms with Crippen molar-refractivity contribution in [2.24, 2.45) is 0 Å². The topological polar surface area (TPSA) is 143 Å². The van der Waals surface area contributed by atoms with Gasteiger partial charge in [-0.3, -0.25) is 9.59 Å². The number of carbonyl (C=O) groups excluding carboxylic acids is 2. The second-order valence-electron chi connectivity index (χ2n) is 9.80. The number of benzene rings is 1. The molecule has 1 fully saturated rings. The van der Waals surface area contributed by atoms with Gasteiger partial charge < -0.3 is 24.4 Å². The quantitative estimate of drug-likeness (QED) is 0.233. The van der Waals surface area contributed by atoms with E-state index in [0.717, 1.165) is 5.69 Å². The number of pyridine rings is 1. The predicted octanol–water partition coefficient (Wildman–Crippen LogP) is 1.64. The number of amides is 1. The van der Waals surface area contributed by atoms with Gasteiger partial charge in [0.05, 0.1) is 35.5 Å². The molecular weight excluding hydrogens is 526 g/mol. The number of aromatic nitrogens is 8. The Labute approximate surface area is 235 Å². The number of carbonyl (C=O) groups is 2. The standard InChI is InChI=1S/C27H29N11O3/c1-17-30-16-37(32-17)24-22-21(20(41-4)15-29-24)19(14-28-22)23(39)25(40)35-10-12-36(13-11-35)27-31-26(34(2)3)33-38(27)18-8-6-5-7-9-18/h5-9,14-16,28H,10-13H2,1-4H3. The maximum Gasteiger partial charge on any atom is 0.295 e. The van der Waals surface area contributed by atoms with Crippen LogP contribution in [0.3, 0.4) is 0 Å². The number of rotatable bonds is 7. The van der Waals surface area contributed by atoms with Gasteiger partial charge in [-0.15, -0.1) is 5.10 Å². The zero-order chi connectivity index (χ0) is 28.7. The summed E-state index contributed by atoms with van der Waals surface area (Å²) in [6.45, 7) is 3.47. The Kier molecular flexibility index (Phi) is 6.57. The minimum absolute atomic E-state index is 0.212. The number of ether oxygens (including phenoxy) is 1. The minimum atomic E-state index is -0.628. The molecule has 0 spiro atoms. The van der Waals surface area contributed by atoms with E-state index < -0.39 is 11.7 Å². The molecule has 14 heteroatoms. The predicted molar refractivity (Wildman–Crippen MR) is 151 cm³/mol. The van der Waals surface area contributed by atoms with E-state index in [1.807, 2.05) is 49.3 Å². The Morgan fingerprint density at radius 3 is 2.44 bits per heavy atom.